The first kappa shape index (κ1) is 9.68. The molecule has 0 aliphatic rings. The second-order valence-electron chi connectivity index (χ2n) is 3.24. The van der Waals surface area contributed by atoms with Gasteiger partial charge in [0.05, 0.1) is 17.8 Å². The monoisotopic (exact) mass is 253 g/mol. The quantitative estimate of drug-likeness (QED) is 0.891. The Bertz CT molecular complexity index is 450. The third kappa shape index (κ3) is 1.44. The Morgan fingerprint density at radius 3 is 3.07 bits per heavy atom. The van der Waals surface area contributed by atoms with Gasteiger partial charge in [0.25, 0.3) is 0 Å². The molecule has 0 aromatic carbocycles. The van der Waals surface area contributed by atoms with Crippen LogP contribution in [-0.4, -0.2) is 16.4 Å². The number of nitrogens with zero attached hydrogens (tertiary/aromatic N) is 2. The molecule has 1 unspecified atom stereocenters. The first-order valence-electron chi connectivity index (χ1n) is 4.52. The van der Waals surface area contributed by atoms with Crippen LogP contribution in [0.2, 0.25) is 0 Å². The minimum Gasteiger partial charge on any atom is -0.311 e. The van der Waals surface area contributed by atoms with E-state index in [2.05, 4.69) is 37.6 Å². The van der Waals surface area contributed by atoms with Crippen molar-refractivity contribution in [2.24, 2.45) is 0 Å². The van der Waals surface area contributed by atoms with Gasteiger partial charge in [-0.25, -0.2) is 4.98 Å². The van der Waals surface area contributed by atoms with Gasteiger partial charge in [0.1, 0.15) is 5.82 Å². The molecule has 0 saturated carbocycles. The summed E-state index contributed by atoms with van der Waals surface area (Å²) in [7, 11) is 1.93. The average Bonchev–Trinajstić information content (AvgIpc) is 2.62. The van der Waals surface area contributed by atoms with E-state index in [-0.39, 0.29) is 6.04 Å². The molecular formula is C10H12BrN3. The van der Waals surface area contributed by atoms with E-state index >= 15 is 0 Å². The highest BCUT2D eigenvalue weighted by molar-refractivity contribution is 9.10. The van der Waals surface area contributed by atoms with Gasteiger partial charge in [-0.2, -0.15) is 0 Å². The van der Waals surface area contributed by atoms with Crippen molar-refractivity contribution in [1.29, 1.82) is 0 Å². The van der Waals surface area contributed by atoms with Crippen molar-refractivity contribution >= 4 is 21.4 Å². The minimum absolute atomic E-state index is 0.256. The van der Waals surface area contributed by atoms with E-state index < -0.39 is 0 Å². The summed E-state index contributed by atoms with van der Waals surface area (Å²) in [5.74, 6) is 1.03. The molecule has 0 spiro atoms. The Morgan fingerprint density at radius 2 is 2.36 bits per heavy atom. The van der Waals surface area contributed by atoms with E-state index in [9.17, 15) is 0 Å². The highest BCUT2D eigenvalue weighted by atomic mass is 79.9. The molecule has 0 aliphatic carbocycles. The third-order valence-electron chi connectivity index (χ3n) is 2.37. The van der Waals surface area contributed by atoms with Gasteiger partial charge in [0.15, 0.2) is 0 Å². The van der Waals surface area contributed by atoms with Crippen LogP contribution >= 0.6 is 15.9 Å². The molecular weight excluding hydrogens is 242 g/mol. The number of rotatable bonds is 2. The molecule has 0 amide bonds. The van der Waals surface area contributed by atoms with Crippen molar-refractivity contribution in [3.63, 3.8) is 0 Å². The largest absolute Gasteiger partial charge is 0.311 e. The predicted octanol–water partition coefficient (Wildman–Crippen LogP) is 2.38. The van der Waals surface area contributed by atoms with Crippen LogP contribution < -0.4 is 5.32 Å². The predicted molar refractivity (Wildman–Crippen MR) is 60.4 cm³/mol. The maximum absolute atomic E-state index is 4.40. The molecule has 2 heterocycles. The number of halogens is 1. The summed E-state index contributed by atoms with van der Waals surface area (Å²) in [6.07, 6.45) is 3.91. The standard InChI is InChI=1S/C10H12BrN3/c1-7(12-2)10-13-6-9-8(11)4-3-5-14(9)10/h3-7,12H,1-2H3. The molecule has 3 nitrogen and oxygen atoms in total. The molecule has 1 N–H and O–H groups in total. The molecule has 4 heteroatoms. The van der Waals surface area contributed by atoms with Crippen molar-refractivity contribution in [3.8, 4) is 0 Å². The number of aromatic nitrogens is 2. The summed E-state index contributed by atoms with van der Waals surface area (Å²) in [5.41, 5.74) is 1.10. The van der Waals surface area contributed by atoms with Crippen LogP contribution in [0.5, 0.6) is 0 Å². The Morgan fingerprint density at radius 1 is 1.57 bits per heavy atom. The molecule has 0 bridgehead atoms. The van der Waals surface area contributed by atoms with Crippen molar-refractivity contribution in [2.45, 2.75) is 13.0 Å². The number of hydrogen-bond donors (Lipinski definition) is 1. The van der Waals surface area contributed by atoms with E-state index in [0.717, 1.165) is 15.8 Å². The summed E-state index contributed by atoms with van der Waals surface area (Å²) in [4.78, 5) is 4.40. The molecule has 2 rings (SSSR count). The van der Waals surface area contributed by atoms with Gasteiger partial charge in [-0.3, -0.25) is 0 Å². The first-order valence-corrected chi connectivity index (χ1v) is 5.32. The molecule has 0 aliphatic heterocycles. The molecule has 2 aromatic heterocycles. The second-order valence-corrected chi connectivity index (χ2v) is 4.09. The summed E-state index contributed by atoms with van der Waals surface area (Å²) in [5, 5.41) is 3.18. The fourth-order valence-electron chi connectivity index (χ4n) is 1.46. The Hall–Kier alpha value is -0.870. The van der Waals surface area contributed by atoms with Crippen molar-refractivity contribution in [2.75, 3.05) is 7.05 Å². The number of fused-ring (bicyclic) bond motifs is 1. The van der Waals surface area contributed by atoms with E-state index in [0.29, 0.717) is 0 Å². The molecule has 0 fully saturated rings. The van der Waals surface area contributed by atoms with Crippen LogP contribution in [0.3, 0.4) is 0 Å². The van der Waals surface area contributed by atoms with Crippen molar-refractivity contribution < 1.29 is 0 Å². The van der Waals surface area contributed by atoms with Crippen LogP contribution in [-0.2, 0) is 0 Å². The maximum Gasteiger partial charge on any atom is 0.130 e. The first-order chi connectivity index (χ1) is 6.74. The lowest BCUT2D eigenvalue weighted by atomic mass is 10.3. The number of nitrogens with one attached hydrogen (secondary N) is 1. The number of imidazole rings is 1. The lowest BCUT2D eigenvalue weighted by Gasteiger charge is -2.08. The summed E-state index contributed by atoms with van der Waals surface area (Å²) in [6, 6.07) is 4.28. The van der Waals surface area contributed by atoms with Crippen LogP contribution in [0.1, 0.15) is 18.8 Å². The fourth-order valence-corrected chi connectivity index (χ4v) is 1.90. The maximum atomic E-state index is 4.40. The van der Waals surface area contributed by atoms with E-state index in [1.54, 1.807) is 0 Å². The van der Waals surface area contributed by atoms with E-state index in [1.807, 2.05) is 31.6 Å². The Labute approximate surface area is 91.3 Å². The highest BCUT2D eigenvalue weighted by Crippen LogP contribution is 2.20. The zero-order valence-corrected chi connectivity index (χ0v) is 9.75. The topological polar surface area (TPSA) is 29.3 Å². The smallest absolute Gasteiger partial charge is 0.130 e. The Balaban J connectivity index is 2.63. The molecule has 74 valence electrons. The van der Waals surface area contributed by atoms with Crippen LogP contribution in [0.4, 0.5) is 0 Å². The number of hydrogen-bond acceptors (Lipinski definition) is 2. The summed E-state index contributed by atoms with van der Waals surface area (Å²) < 4.78 is 3.16. The van der Waals surface area contributed by atoms with Gasteiger partial charge in [-0.05, 0) is 42.0 Å². The zero-order valence-electron chi connectivity index (χ0n) is 8.16. The van der Waals surface area contributed by atoms with E-state index in [4.69, 9.17) is 0 Å². The molecule has 1 atom stereocenters. The average molecular weight is 254 g/mol. The van der Waals surface area contributed by atoms with Crippen molar-refractivity contribution in [3.05, 3.63) is 34.8 Å². The highest BCUT2D eigenvalue weighted by Gasteiger charge is 2.10. The van der Waals surface area contributed by atoms with Crippen LogP contribution in [0.15, 0.2) is 29.0 Å². The van der Waals surface area contributed by atoms with Crippen LogP contribution in [0.25, 0.3) is 5.52 Å². The van der Waals surface area contributed by atoms with Crippen molar-refractivity contribution in [1.82, 2.24) is 14.7 Å². The molecule has 2 aromatic rings. The zero-order chi connectivity index (χ0) is 10.1. The fraction of sp³-hybridized carbons (Fsp3) is 0.300. The minimum atomic E-state index is 0.256. The van der Waals surface area contributed by atoms with Gasteiger partial charge >= 0.3 is 0 Å². The third-order valence-corrected chi connectivity index (χ3v) is 3.04. The van der Waals surface area contributed by atoms with Gasteiger partial charge < -0.3 is 9.72 Å². The normalized spacial score (nSPS) is 13.4. The SMILES string of the molecule is CNC(C)c1ncc2c(Br)cccn12. The Kier molecular flexibility index (Phi) is 2.56. The number of pyridine rings is 1. The van der Waals surface area contributed by atoms with Gasteiger partial charge in [0.2, 0.25) is 0 Å². The van der Waals surface area contributed by atoms with Gasteiger partial charge in [-0.1, -0.05) is 0 Å². The van der Waals surface area contributed by atoms with Gasteiger partial charge in [0, 0.05) is 10.7 Å². The summed E-state index contributed by atoms with van der Waals surface area (Å²) >= 11 is 3.50. The molecule has 0 radical (unpaired) electrons. The molecule has 0 saturated heterocycles. The lowest BCUT2D eigenvalue weighted by molar-refractivity contribution is 0.608. The lowest BCUT2D eigenvalue weighted by Crippen LogP contribution is -2.15. The van der Waals surface area contributed by atoms with Crippen LogP contribution in [0, 0.1) is 0 Å². The second kappa shape index (κ2) is 3.71. The molecule has 14 heavy (non-hydrogen) atoms. The van der Waals surface area contributed by atoms with Gasteiger partial charge in [-0.15, -0.1) is 0 Å². The van der Waals surface area contributed by atoms with E-state index in [1.165, 1.54) is 0 Å². The summed E-state index contributed by atoms with van der Waals surface area (Å²) in [6.45, 7) is 2.09.